The molecule has 0 fully saturated rings. The molecule has 0 saturated heterocycles. The number of rotatable bonds is 7. The zero-order valence-corrected chi connectivity index (χ0v) is 13.2. The standard InChI is InChI=1S/C18H19ClO3/c1-13-7-9-16(10-8-13)22-11-3-6-17(18(20)21)14-4-2-5-15(19)12-14/h2,4-5,7-10,12,17H,3,6,11H2,1H3,(H,20,21). The first-order valence-electron chi connectivity index (χ1n) is 7.24. The summed E-state index contributed by atoms with van der Waals surface area (Å²) >= 11 is 5.93. The van der Waals surface area contributed by atoms with E-state index < -0.39 is 11.9 Å². The van der Waals surface area contributed by atoms with E-state index in [0.29, 0.717) is 24.5 Å². The van der Waals surface area contributed by atoms with E-state index in [9.17, 15) is 9.90 Å². The first-order valence-corrected chi connectivity index (χ1v) is 7.62. The Kier molecular flexibility index (Phi) is 5.84. The molecule has 2 rings (SSSR count). The Labute approximate surface area is 135 Å². The molecule has 1 atom stereocenters. The third-order valence-corrected chi connectivity index (χ3v) is 3.71. The van der Waals surface area contributed by atoms with Gasteiger partial charge in [-0.15, -0.1) is 0 Å². The monoisotopic (exact) mass is 318 g/mol. The normalized spacial score (nSPS) is 11.9. The van der Waals surface area contributed by atoms with Crippen LogP contribution < -0.4 is 4.74 Å². The van der Waals surface area contributed by atoms with Crippen LogP contribution in [0.15, 0.2) is 48.5 Å². The second-order valence-electron chi connectivity index (χ2n) is 5.25. The highest BCUT2D eigenvalue weighted by Crippen LogP contribution is 2.24. The van der Waals surface area contributed by atoms with E-state index in [1.54, 1.807) is 24.3 Å². The summed E-state index contributed by atoms with van der Waals surface area (Å²) in [5.41, 5.74) is 1.91. The maximum Gasteiger partial charge on any atom is 0.310 e. The number of carboxylic acid groups (broad SMARTS) is 1. The summed E-state index contributed by atoms with van der Waals surface area (Å²) in [4.78, 5) is 11.4. The van der Waals surface area contributed by atoms with Crippen molar-refractivity contribution in [1.29, 1.82) is 0 Å². The molecule has 0 aliphatic rings. The molecule has 0 aromatic heterocycles. The number of hydrogen-bond donors (Lipinski definition) is 1. The molecule has 1 unspecified atom stereocenters. The Morgan fingerprint density at radius 3 is 2.59 bits per heavy atom. The highest BCUT2D eigenvalue weighted by molar-refractivity contribution is 6.30. The molecule has 3 nitrogen and oxygen atoms in total. The minimum atomic E-state index is -0.836. The van der Waals surface area contributed by atoms with Gasteiger partial charge in [0.25, 0.3) is 0 Å². The number of hydrogen-bond acceptors (Lipinski definition) is 2. The van der Waals surface area contributed by atoms with E-state index in [1.165, 1.54) is 5.56 Å². The zero-order valence-electron chi connectivity index (χ0n) is 12.5. The van der Waals surface area contributed by atoms with Gasteiger partial charge >= 0.3 is 5.97 Å². The van der Waals surface area contributed by atoms with Crippen LogP contribution in [0.5, 0.6) is 5.75 Å². The van der Waals surface area contributed by atoms with Crippen molar-refractivity contribution in [3.8, 4) is 5.75 Å². The van der Waals surface area contributed by atoms with Crippen molar-refractivity contribution in [3.63, 3.8) is 0 Å². The number of carboxylic acids is 1. The molecule has 0 bridgehead atoms. The van der Waals surface area contributed by atoms with Crippen LogP contribution in [0.3, 0.4) is 0 Å². The lowest BCUT2D eigenvalue weighted by atomic mass is 9.94. The fourth-order valence-corrected chi connectivity index (χ4v) is 2.47. The predicted molar refractivity (Wildman–Crippen MR) is 87.7 cm³/mol. The molecular weight excluding hydrogens is 300 g/mol. The van der Waals surface area contributed by atoms with Crippen molar-refractivity contribution in [2.45, 2.75) is 25.7 Å². The largest absolute Gasteiger partial charge is 0.494 e. The molecule has 0 aliphatic carbocycles. The maximum atomic E-state index is 11.4. The number of halogens is 1. The van der Waals surface area contributed by atoms with Gasteiger partial charge in [0.1, 0.15) is 5.75 Å². The van der Waals surface area contributed by atoms with Gasteiger partial charge in [0.2, 0.25) is 0 Å². The molecule has 116 valence electrons. The van der Waals surface area contributed by atoms with Gasteiger partial charge in [0.15, 0.2) is 0 Å². The lowest BCUT2D eigenvalue weighted by Gasteiger charge is -2.13. The van der Waals surface area contributed by atoms with Crippen molar-refractivity contribution < 1.29 is 14.6 Å². The summed E-state index contributed by atoms with van der Waals surface area (Å²) in [5, 5.41) is 9.94. The van der Waals surface area contributed by atoms with E-state index >= 15 is 0 Å². The van der Waals surface area contributed by atoms with Crippen molar-refractivity contribution in [2.24, 2.45) is 0 Å². The average molecular weight is 319 g/mol. The Morgan fingerprint density at radius 1 is 1.23 bits per heavy atom. The molecule has 0 aliphatic heterocycles. The van der Waals surface area contributed by atoms with Crippen molar-refractivity contribution in [1.82, 2.24) is 0 Å². The summed E-state index contributed by atoms with van der Waals surface area (Å²) in [7, 11) is 0. The van der Waals surface area contributed by atoms with Crippen LogP contribution in [0.25, 0.3) is 0 Å². The van der Waals surface area contributed by atoms with Crippen LogP contribution in [-0.4, -0.2) is 17.7 Å². The van der Waals surface area contributed by atoms with Gasteiger partial charge < -0.3 is 9.84 Å². The molecule has 4 heteroatoms. The van der Waals surface area contributed by atoms with Gasteiger partial charge in [-0.25, -0.2) is 0 Å². The first kappa shape index (κ1) is 16.4. The van der Waals surface area contributed by atoms with Crippen LogP contribution in [-0.2, 0) is 4.79 Å². The topological polar surface area (TPSA) is 46.5 Å². The van der Waals surface area contributed by atoms with Crippen molar-refractivity contribution >= 4 is 17.6 Å². The second-order valence-corrected chi connectivity index (χ2v) is 5.69. The molecule has 1 N–H and O–H groups in total. The third-order valence-electron chi connectivity index (χ3n) is 3.48. The van der Waals surface area contributed by atoms with E-state index in [1.807, 2.05) is 31.2 Å². The summed E-state index contributed by atoms with van der Waals surface area (Å²) in [6.07, 6.45) is 1.18. The van der Waals surface area contributed by atoms with Crippen molar-refractivity contribution in [3.05, 3.63) is 64.7 Å². The first-order chi connectivity index (χ1) is 10.6. The zero-order chi connectivity index (χ0) is 15.9. The minimum absolute atomic E-state index is 0.493. The number of aliphatic carboxylic acids is 1. The van der Waals surface area contributed by atoms with Crippen LogP contribution in [0.4, 0.5) is 0 Å². The summed E-state index contributed by atoms with van der Waals surface area (Å²) < 4.78 is 5.63. The highest BCUT2D eigenvalue weighted by Gasteiger charge is 2.19. The smallest absolute Gasteiger partial charge is 0.310 e. The molecule has 0 radical (unpaired) electrons. The fraction of sp³-hybridized carbons (Fsp3) is 0.278. The molecule has 0 amide bonds. The Bertz CT molecular complexity index is 622. The molecule has 0 spiro atoms. The van der Waals surface area contributed by atoms with Gasteiger partial charge in [-0.1, -0.05) is 41.4 Å². The van der Waals surface area contributed by atoms with E-state index in [2.05, 4.69) is 0 Å². The lowest BCUT2D eigenvalue weighted by Crippen LogP contribution is -2.13. The SMILES string of the molecule is Cc1ccc(OCCCC(C(=O)O)c2cccc(Cl)c2)cc1. The van der Waals surface area contributed by atoms with Crippen LogP contribution in [0, 0.1) is 6.92 Å². The van der Waals surface area contributed by atoms with E-state index in [4.69, 9.17) is 16.3 Å². The highest BCUT2D eigenvalue weighted by atomic mass is 35.5. The summed E-state index contributed by atoms with van der Waals surface area (Å²) in [6, 6.07) is 14.8. The quantitative estimate of drug-likeness (QED) is 0.754. The van der Waals surface area contributed by atoms with E-state index in [0.717, 1.165) is 11.3 Å². The van der Waals surface area contributed by atoms with E-state index in [-0.39, 0.29) is 0 Å². The van der Waals surface area contributed by atoms with Crippen LogP contribution >= 0.6 is 11.6 Å². The molecular formula is C18H19ClO3. The van der Waals surface area contributed by atoms with Gasteiger partial charge in [-0.2, -0.15) is 0 Å². The fourth-order valence-electron chi connectivity index (χ4n) is 2.27. The van der Waals surface area contributed by atoms with Crippen molar-refractivity contribution in [2.75, 3.05) is 6.61 Å². The number of ether oxygens (including phenoxy) is 1. The summed E-state index contributed by atoms with van der Waals surface area (Å²) in [5.74, 6) is -0.585. The van der Waals surface area contributed by atoms with Crippen LogP contribution in [0.2, 0.25) is 5.02 Å². The number of carbonyl (C=O) groups is 1. The Hall–Kier alpha value is -2.00. The molecule has 2 aromatic rings. The average Bonchev–Trinajstić information content (AvgIpc) is 2.48. The van der Waals surface area contributed by atoms with Gasteiger partial charge in [-0.3, -0.25) is 4.79 Å². The summed E-state index contributed by atoms with van der Waals surface area (Å²) in [6.45, 7) is 2.51. The molecule has 0 saturated carbocycles. The third kappa shape index (κ3) is 4.78. The number of benzene rings is 2. The number of aryl methyl sites for hydroxylation is 1. The minimum Gasteiger partial charge on any atom is -0.494 e. The van der Waals surface area contributed by atoms with Gasteiger partial charge in [-0.05, 0) is 49.6 Å². The van der Waals surface area contributed by atoms with Gasteiger partial charge in [0.05, 0.1) is 12.5 Å². The lowest BCUT2D eigenvalue weighted by molar-refractivity contribution is -0.139. The Balaban J connectivity index is 1.87. The molecule has 0 heterocycles. The van der Waals surface area contributed by atoms with Crippen LogP contribution in [0.1, 0.15) is 29.9 Å². The maximum absolute atomic E-state index is 11.4. The van der Waals surface area contributed by atoms with Gasteiger partial charge in [0, 0.05) is 5.02 Å². The molecule has 2 aromatic carbocycles. The second kappa shape index (κ2) is 7.85. The Morgan fingerprint density at radius 2 is 1.95 bits per heavy atom. The predicted octanol–water partition coefficient (Wildman–Crippen LogP) is 4.68. The molecule has 22 heavy (non-hydrogen) atoms.